The van der Waals surface area contributed by atoms with Crippen molar-refractivity contribution in [1.29, 1.82) is 0 Å². The molecular weight excluding hydrogens is 240 g/mol. The molecule has 0 radical (unpaired) electrons. The third kappa shape index (κ3) is 2.79. The Labute approximate surface area is 115 Å². The lowest BCUT2D eigenvalue weighted by atomic mass is 10.0. The van der Waals surface area contributed by atoms with Crippen LogP contribution < -0.4 is 5.32 Å². The predicted octanol–water partition coefficient (Wildman–Crippen LogP) is 1.89. The van der Waals surface area contributed by atoms with E-state index in [1.807, 2.05) is 6.92 Å². The minimum absolute atomic E-state index is 0.0193. The Morgan fingerprint density at radius 1 is 1.21 bits per heavy atom. The van der Waals surface area contributed by atoms with Crippen molar-refractivity contribution in [2.45, 2.75) is 70.2 Å². The van der Waals surface area contributed by atoms with Crippen molar-refractivity contribution in [3.05, 3.63) is 0 Å². The van der Waals surface area contributed by atoms with Crippen LogP contribution in [-0.4, -0.2) is 42.3 Å². The van der Waals surface area contributed by atoms with Gasteiger partial charge in [-0.25, -0.2) is 0 Å². The van der Waals surface area contributed by atoms with E-state index in [1.54, 1.807) is 0 Å². The van der Waals surface area contributed by atoms with Crippen LogP contribution in [0.15, 0.2) is 0 Å². The quantitative estimate of drug-likeness (QED) is 0.848. The Bertz CT molecular complexity index is 322. The maximum absolute atomic E-state index is 12.4. The molecule has 108 valence electrons. The van der Waals surface area contributed by atoms with Crippen LogP contribution in [0.5, 0.6) is 0 Å². The predicted molar refractivity (Wildman–Crippen MR) is 73.6 cm³/mol. The summed E-state index contributed by atoms with van der Waals surface area (Å²) in [5.74, 6) is 0.920. The molecule has 19 heavy (non-hydrogen) atoms. The Morgan fingerprint density at radius 2 is 1.95 bits per heavy atom. The van der Waals surface area contributed by atoms with Gasteiger partial charge in [0.1, 0.15) is 0 Å². The van der Waals surface area contributed by atoms with E-state index < -0.39 is 0 Å². The Balaban J connectivity index is 1.66. The molecule has 0 bridgehead atoms. The van der Waals surface area contributed by atoms with E-state index in [2.05, 4.69) is 10.2 Å². The van der Waals surface area contributed by atoms with E-state index in [1.165, 1.54) is 38.5 Å². The highest BCUT2D eigenvalue weighted by Crippen LogP contribution is 2.32. The van der Waals surface area contributed by atoms with Gasteiger partial charge in [0.25, 0.3) is 0 Å². The third-order valence-corrected chi connectivity index (χ3v) is 4.93. The number of amides is 1. The van der Waals surface area contributed by atoms with Crippen LogP contribution >= 0.6 is 0 Å². The van der Waals surface area contributed by atoms with Crippen LogP contribution in [0.2, 0.25) is 0 Å². The maximum Gasteiger partial charge on any atom is 0.240 e. The molecule has 3 fully saturated rings. The summed E-state index contributed by atoms with van der Waals surface area (Å²) >= 11 is 0. The van der Waals surface area contributed by atoms with E-state index in [9.17, 15) is 4.79 Å². The molecular formula is C15H26N2O2. The molecule has 3 aliphatic rings. The van der Waals surface area contributed by atoms with Crippen molar-refractivity contribution < 1.29 is 9.53 Å². The molecule has 1 amide bonds. The molecule has 3 rings (SSSR count). The van der Waals surface area contributed by atoms with Crippen molar-refractivity contribution in [3.8, 4) is 0 Å². The first kappa shape index (κ1) is 13.4. The first-order valence-corrected chi connectivity index (χ1v) is 7.94. The van der Waals surface area contributed by atoms with Gasteiger partial charge >= 0.3 is 0 Å². The van der Waals surface area contributed by atoms with Crippen molar-refractivity contribution >= 4 is 5.91 Å². The van der Waals surface area contributed by atoms with Crippen LogP contribution in [-0.2, 0) is 9.53 Å². The lowest BCUT2D eigenvalue weighted by molar-refractivity contribution is -0.133. The lowest BCUT2D eigenvalue weighted by Crippen LogP contribution is -2.46. The zero-order valence-electron chi connectivity index (χ0n) is 11.9. The number of hydrogen-bond acceptors (Lipinski definition) is 3. The van der Waals surface area contributed by atoms with Crippen molar-refractivity contribution in [3.63, 3.8) is 0 Å². The summed E-state index contributed by atoms with van der Waals surface area (Å²) in [6.07, 6.45) is 9.20. The molecule has 3 unspecified atom stereocenters. The van der Waals surface area contributed by atoms with Gasteiger partial charge in [0.2, 0.25) is 5.91 Å². The summed E-state index contributed by atoms with van der Waals surface area (Å²) in [5.41, 5.74) is 0. The minimum Gasteiger partial charge on any atom is -0.376 e. The summed E-state index contributed by atoms with van der Waals surface area (Å²) in [6.45, 7) is 3.65. The zero-order chi connectivity index (χ0) is 13.2. The largest absolute Gasteiger partial charge is 0.376 e. The molecule has 0 aromatic heterocycles. The third-order valence-electron chi connectivity index (χ3n) is 4.93. The van der Waals surface area contributed by atoms with Gasteiger partial charge < -0.3 is 9.64 Å². The summed E-state index contributed by atoms with van der Waals surface area (Å²) in [7, 11) is 0. The van der Waals surface area contributed by atoms with Gasteiger partial charge in [-0.3, -0.25) is 10.1 Å². The second-order valence-corrected chi connectivity index (χ2v) is 6.36. The van der Waals surface area contributed by atoms with Gasteiger partial charge in [-0.2, -0.15) is 0 Å². The molecule has 4 nitrogen and oxygen atoms in total. The summed E-state index contributed by atoms with van der Waals surface area (Å²) in [6, 6.07) is -0.0193. The van der Waals surface area contributed by atoms with Crippen LogP contribution in [0.4, 0.5) is 0 Å². The standard InChI is InChI=1S/C15H26N2O2/c1-11-15(18)17(10-13-8-4-5-9-19-13)14(16-11)12-6-2-3-7-12/h11-14,16H,2-10H2,1H3. The van der Waals surface area contributed by atoms with Gasteiger partial charge in [-0.05, 0) is 44.9 Å². The molecule has 2 saturated heterocycles. The summed E-state index contributed by atoms with van der Waals surface area (Å²) in [4.78, 5) is 14.4. The summed E-state index contributed by atoms with van der Waals surface area (Å²) < 4.78 is 5.81. The van der Waals surface area contributed by atoms with Crippen LogP contribution in [0.1, 0.15) is 51.9 Å². The number of nitrogens with one attached hydrogen (secondary N) is 1. The van der Waals surface area contributed by atoms with Crippen molar-refractivity contribution in [2.24, 2.45) is 5.92 Å². The molecule has 0 spiro atoms. The van der Waals surface area contributed by atoms with Crippen LogP contribution in [0, 0.1) is 5.92 Å². The maximum atomic E-state index is 12.4. The molecule has 1 N–H and O–H groups in total. The molecule has 1 saturated carbocycles. The highest BCUT2D eigenvalue weighted by molar-refractivity contribution is 5.84. The second-order valence-electron chi connectivity index (χ2n) is 6.36. The van der Waals surface area contributed by atoms with Gasteiger partial charge in [-0.15, -0.1) is 0 Å². The van der Waals surface area contributed by atoms with Crippen molar-refractivity contribution in [1.82, 2.24) is 10.2 Å². The number of carbonyl (C=O) groups excluding carboxylic acids is 1. The van der Waals surface area contributed by atoms with Gasteiger partial charge in [0.05, 0.1) is 18.3 Å². The highest BCUT2D eigenvalue weighted by atomic mass is 16.5. The van der Waals surface area contributed by atoms with Crippen molar-refractivity contribution in [2.75, 3.05) is 13.2 Å². The fourth-order valence-electron chi connectivity index (χ4n) is 3.84. The first-order chi connectivity index (χ1) is 9.25. The molecule has 3 atom stereocenters. The average Bonchev–Trinajstić information content (AvgIpc) is 3.04. The number of rotatable bonds is 3. The Kier molecular flexibility index (Phi) is 4.08. The molecule has 0 aromatic carbocycles. The van der Waals surface area contributed by atoms with Gasteiger partial charge in [0.15, 0.2) is 0 Å². The SMILES string of the molecule is CC1NC(C2CCCC2)N(CC2CCCCO2)C1=O. The van der Waals surface area contributed by atoms with E-state index >= 15 is 0 Å². The Hall–Kier alpha value is -0.610. The number of hydrogen-bond donors (Lipinski definition) is 1. The Morgan fingerprint density at radius 3 is 2.63 bits per heavy atom. The lowest BCUT2D eigenvalue weighted by Gasteiger charge is -2.33. The smallest absolute Gasteiger partial charge is 0.240 e. The van der Waals surface area contributed by atoms with E-state index in [0.717, 1.165) is 19.6 Å². The monoisotopic (exact) mass is 266 g/mol. The second kappa shape index (κ2) is 5.80. The minimum atomic E-state index is -0.0193. The number of carbonyl (C=O) groups is 1. The normalized spacial score (nSPS) is 37.2. The van der Waals surface area contributed by atoms with Gasteiger partial charge in [0, 0.05) is 13.2 Å². The zero-order valence-corrected chi connectivity index (χ0v) is 11.9. The van der Waals surface area contributed by atoms with E-state index in [0.29, 0.717) is 5.92 Å². The number of ether oxygens (including phenoxy) is 1. The fraction of sp³-hybridized carbons (Fsp3) is 0.933. The highest BCUT2D eigenvalue weighted by Gasteiger charge is 2.42. The average molecular weight is 266 g/mol. The van der Waals surface area contributed by atoms with E-state index in [4.69, 9.17) is 4.74 Å². The molecule has 0 aromatic rings. The molecule has 4 heteroatoms. The first-order valence-electron chi connectivity index (χ1n) is 7.94. The molecule has 1 aliphatic carbocycles. The van der Waals surface area contributed by atoms with Crippen LogP contribution in [0.3, 0.4) is 0 Å². The molecule has 2 heterocycles. The number of nitrogens with zero attached hydrogens (tertiary/aromatic N) is 1. The van der Waals surface area contributed by atoms with Crippen LogP contribution in [0.25, 0.3) is 0 Å². The topological polar surface area (TPSA) is 41.6 Å². The van der Waals surface area contributed by atoms with Gasteiger partial charge in [-0.1, -0.05) is 12.8 Å². The summed E-state index contributed by atoms with van der Waals surface area (Å²) in [5, 5.41) is 3.51. The molecule has 2 aliphatic heterocycles. The van der Waals surface area contributed by atoms with E-state index in [-0.39, 0.29) is 24.2 Å². The fourth-order valence-corrected chi connectivity index (χ4v) is 3.84.